The van der Waals surface area contributed by atoms with Gasteiger partial charge in [0.15, 0.2) is 0 Å². The van der Waals surface area contributed by atoms with Crippen LogP contribution in [0.5, 0.6) is 0 Å². The number of rotatable bonds is 6. The van der Waals surface area contributed by atoms with Gasteiger partial charge < -0.3 is 14.4 Å². The maximum Gasteiger partial charge on any atom is 0.303 e. The normalized spacial score (nSPS) is 11.3. The summed E-state index contributed by atoms with van der Waals surface area (Å²) in [6.07, 6.45) is 4.96. The van der Waals surface area contributed by atoms with Crippen molar-refractivity contribution in [1.29, 1.82) is 0 Å². The highest BCUT2D eigenvalue weighted by Crippen LogP contribution is 2.09. The fourth-order valence-corrected chi connectivity index (χ4v) is 2.09. The van der Waals surface area contributed by atoms with Crippen LogP contribution in [0.25, 0.3) is 5.65 Å². The van der Waals surface area contributed by atoms with E-state index in [0.717, 1.165) is 24.4 Å². The van der Waals surface area contributed by atoms with Crippen molar-refractivity contribution in [2.45, 2.75) is 26.3 Å². The molecular formula is C14H19N3O2. The van der Waals surface area contributed by atoms with Crippen molar-refractivity contribution in [1.82, 2.24) is 14.3 Å². The van der Waals surface area contributed by atoms with Gasteiger partial charge in [-0.1, -0.05) is 6.07 Å². The summed E-state index contributed by atoms with van der Waals surface area (Å²) >= 11 is 0. The number of aromatic nitrogens is 2. The van der Waals surface area contributed by atoms with Gasteiger partial charge >= 0.3 is 5.97 Å². The summed E-state index contributed by atoms with van der Waals surface area (Å²) < 4.78 is 2.02. The van der Waals surface area contributed by atoms with Crippen molar-refractivity contribution in [3.8, 4) is 0 Å². The van der Waals surface area contributed by atoms with Gasteiger partial charge in [-0.25, -0.2) is 4.98 Å². The van der Waals surface area contributed by atoms with Gasteiger partial charge in [-0.15, -0.1) is 0 Å². The minimum atomic E-state index is -0.739. The summed E-state index contributed by atoms with van der Waals surface area (Å²) in [5.74, 6) is -0.739. The number of fused-ring (bicyclic) bond motifs is 1. The summed E-state index contributed by atoms with van der Waals surface area (Å²) in [6.45, 7) is 3.55. The molecule has 2 rings (SSSR count). The number of carbonyl (C=O) groups is 1. The Morgan fingerprint density at radius 1 is 1.42 bits per heavy atom. The van der Waals surface area contributed by atoms with Gasteiger partial charge in [-0.3, -0.25) is 4.79 Å². The molecule has 2 heterocycles. The Morgan fingerprint density at radius 3 is 2.95 bits per heavy atom. The van der Waals surface area contributed by atoms with Crippen molar-refractivity contribution in [3.05, 3.63) is 35.8 Å². The van der Waals surface area contributed by atoms with Gasteiger partial charge in [0.05, 0.1) is 5.69 Å². The van der Waals surface area contributed by atoms with Crippen LogP contribution in [0.2, 0.25) is 0 Å². The van der Waals surface area contributed by atoms with Crippen LogP contribution in [0.4, 0.5) is 0 Å². The molecule has 19 heavy (non-hydrogen) atoms. The van der Waals surface area contributed by atoms with Gasteiger partial charge in [-0.2, -0.15) is 0 Å². The summed E-state index contributed by atoms with van der Waals surface area (Å²) in [5, 5.41) is 8.60. The number of aryl methyl sites for hydroxylation is 1. The zero-order chi connectivity index (χ0) is 13.8. The molecule has 5 heteroatoms. The Morgan fingerprint density at radius 2 is 2.21 bits per heavy atom. The molecule has 0 radical (unpaired) electrons. The fraction of sp³-hybridized carbons (Fsp3) is 0.429. The van der Waals surface area contributed by atoms with E-state index in [4.69, 9.17) is 5.11 Å². The molecule has 0 unspecified atom stereocenters. The van der Waals surface area contributed by atoms with Gasteiger partial charge in [-0.05, 0) is 38.6 Å². The number of pyridine rings is 1. The summed E-state index contributed by atoms with van der Waals surface area (Å²) in [7, 11) is 1.98. The number of aliphatic carboxylic acids is 1. The quantitative estimate of drug-likeness (QED) is 0.863. The maximum atomic E-state index is 10.5. The van der Waals surface area contributed by atoms with Crippen LogP contribution >= 0.6 is 0 Å². The molecule has 0 bridgehead atoms. The zero-order valence-corrected chi connectivity index (χ0v) is 11.3. The van der Waals surface area contributed by atoms with Crippen molar-refractivity contribution in [3.63, 3.8) is 0 Å². The molecule has 0 spiro atoms. The lowest BCUT2D eigenvalue weighted by atomic mass is 10.3. The monoisotopic (exact) mass is 261 g/mol. The second-order valence-corrected chi connectivity index (χ2v) is 4.94. The first-order valence-electron chi connectivity index (χ1n) is 6.39. The van der Waals surface area contributed by atoms with Crippen molar-refractivity contribution >= 4 is 11.6 Å². The Balaban J connectivity index is 1.95. The third kappa shape index (κ3) is 3.79. The summed E-state index contributed by atoms with van der Waals surface area (Å²) in [4.78, 5) is 17.1. The molecular weight excluding hydrogens is 242 g/mol. The lowest BCUT2D eigenvalue weighted by Crippen LogP contribution is -2.20. The highest BCUT2D eigenvalue weighted by molar-refractivity contribution is 5.66. The molecule has 5 nitrogen and oxygen atoms in total. The first kappa shape index (κ1) is 13.5. The Bertz CT molecular complexity index is 577. The molecule has 0 aromatic carbocycles. The van der Waals surface area contributed by atoms with Crippen LogP contribution < -0.4 is 0 Å². The fourth-order valence-electron chi connectivity index (χ4n) is 2.09. The van der Waals surface area contributed by atoms with Crippen LogP contribution in [0.15, 0.2) is 24.5 Å². The number of carboxylic acid groups (broad SMARTS) is 1. The number of carboxylic acids is 1. The first-order valence-corrected chi connectivity index (χ1v) is 6.39. The third-order valence-corrected chi connectivity index (χ3v) is 3.01. The van der Waals surface area contributed by atoms with Crippen LogP contribution in [0.1, 0.15) is 24.1 Å². The van der Waals surface area contributed by atoms with E-state index in [2.05, 4.69) is 23.0 Å². The highest BCUT2D eigenvalue weighted by atomic mass is 16.4. The van der Waals surface area contributed by atoms with Crippen molar-refractivity contribution in [2.75, 3.05) is 13.6 Å². The number of hydrogen-bond donors (Lipinski definition) is 1. The van der Waals surface area contributed by atoms with Crippen LogP contribution in [-0.4, -0.2) is 39.0 Å². The Kier molecular flexibility index (Phi) is 4.16. The topological polar surface area (TPSA) is 57.8 Å². The number of hydrogen-bond acceptors (Lipinski definition) is 3. The Hall–Kier alpha value is -1.88. The zero-order valence-electron chi connectivity index (χ0n) is 11.3. The smallest absolute Gasteiger partial charge is 0.303 e. The maximum absolute atomic E-state index is 10.5. The highest BCUT2D eigenvalue weighted by Gasteiger charge is 2.06. The molecule has 1 N–H and O–H groups in total. The third-order valence-electron chi connectivity index (χ3n) is 3.01. The molecule has 0 aliphatic rings. The van der Waals surface area contributed by atoms with E-state index >= 15 is 0 Å². The van der Waals surface area contributed by atoms with Crippen molar-refractivity contribution < 1.29 is 9.90 Å². The van der Waals surface area contributed by atoms with Gasteiger partial charge in [0.1, 0.15) is 5.65 Å². The predicted molar refractivity (Wildman–Crippen MR) is 73.1 cm³/mol. The van der Waals surface area contributed by atoms with E-state index in [9.17, 15) is 4.79 Å². The van der Waals surface area contributed by atoms with E-state index < -0.39 is 5.97 Å². The minimum absolute atomic E-state index is 0.217. The molecule has 2 aromatic heterocycles. The van der Waals surface area contributed by atoms with Crippen LogP contribution in [0, 0.1) is 6.92 Å². The summed E-state index contributed by atoms with van der Waals surface area (Å²) in [5.41, 5.74) is 3.15. The van der Waals surface area contributed by atoms with Gasteiger partial charge in [0, 0.05) is 25.4 Å². The van der Waals surface area contributed by atoms with E-state index in [1.165, 1.54) is 5.56 Å². The first-order chi connectivity index (χ1) is 9.04. The van der Waals surface area contributed by atoms with Crippen LogP contribution in [-0.2, 0) is 11.3 Å². The molecule has 0 fully saturated rings. The summed E-state index contributed by atoms with van der Waals surface area (Å²) in [6, 6.07) is 4.05. The average Bonchev–Trinajstić information content (AvgIpc) is 2.69. The molecule has 0 amide bonds. The SMILES string of the molecule is Cc1ccc2nc(CN(C)CCCC(=O)O)cn2c1. The average molecular weight is 261 g/mol. The van der Waals surface area contributed by atoms with Gasteiger partial charge in [0.25, 0.3) is 0 Å². The number of imidazole rings is 1. The van der Waals surface area contributed by atoms with E-state index in [0.29, 0.717) is 6.42 Å². The molecule has 2 aromatic rings. The second kappa shape index (κ2) is 5.84. The van der Waals surface area contributed by atoms with E-state index in [1.807, 2.05) is 29.8 Å². The van der Waals surface area contributed by atoms with E-state index in [-0.39, 0.29) is 6.42 Å². The lowest BCUT2D eigenvalue weighted by Gasteiger charge is -2.13. The molecule has 0 saturated carbocycles. The van der Waals surface area contributed by atoms with Crippen LogP contribution in [0.3, 0.4) is 0 Å². The standard InChI is InChI=1S/C14H19N3O2/c1-11-5-6-13-15-12(10-17(13)8-11)9-16(2)7-3-4-14(18)19/h5-6,8,10H,3-4,7,9H2,1-2H3,(H,18,19). The lowest BCUT2D eigenvalue weighted by molar-refractivity contribution is -0.137. The minimum Gasteiger partial charge on any atom is -0.481 e. The largest absolute Gasteiger partial charge is 0.481 e. The second-order valence-electron chi connectivity index (χ2n) is 4.94. The molecule has 0 atom stereocenters. The van der Waals surface area contributed by atoms with Crippen molar-refractivity contribution in [2.24, 2.45) is 0 Å². The number of nitrogens with zero attached hydrogens (tertiary/aromatic N) is 3. The Labute approximate surface area is 112 Å². The van der Waals surface area contributed by atoms with E-state index in [1.54, 1.807) is 0 Å². The predicted octanol–water partition coefficient (Wildman–Crippen LogP) is 1.94. The molecule has 0 aliphatic heterocycles. The molecule has 102 valence electrons. The molecule has 0 saturated heterocycles. The molecule has 0 aliphatic carbocycles. The van der Waals surface area contributed by atoms with Gasteiger partial charge in [0.2, 0.25) is 0 Å².